The zero-order chi connectivity index (χ0) is 8.27. The molecular weight excluding hydrogens is 144 g/mol. The van der Waals surface area contributed by atoms with E-state index < -0.39 is 18.4 Å². The van der Waals surface area contributed by atoms with Crippen LogP contribution in [-0.4, -0.2) is 18.4 Å². The second-order valence-corrected chi connectivity index (χ2v) is 2.03. The Balaban J connectivity index is 2.61. The van der Waals surface area contributed by atoms with Crippen molar-refractivity contribution < 1.29 is 14.3 Å². The zero-order valence-corrected chi connectivity index (χ0v) is 5.74. The normalized spacial score (nSPS) is 29.1. The molecule has 56 valence electrons. The van der Waals surface area contributed by atoms with Crippen LogP contribution < -0.4 is 0 Å². The molecule has 1 saturated heterocycles. The van der Waals surface area contributed by atoms with Gasteiger partial charge >= 0.3 is 6.16 Å². The molecule has 1 rings (SSSR count). The molecule has 3 heteroatoms. The predicted molar refractivity (Wildman–Crippen MR) is 37.4 cm³/mol. The Morgan fingerprint density at radius 3 is 2.09 bits per heavy atom. The van der Waals surface area contributed by atoms with Gasteiger partial charge in [-0.1, -0.05) is 11.8 Å². The fourth-order valence-corrected chi connectivity index (χ4v) is 0.755. The summed E-state index contributed by atoms with van der Waals surface area (Å²) >= 11 is 0. The van der Waals surface area contributed by atoms with Gasteiger partial charge in [0.25, 0.3) is 0 Å². The Kier molecular flexibility index (Phi) is 2.03. The van der Waals surface area contributed by atoms with E-state index in [2.05, 4.69) is 21.3 Å². The number of rotatable bonds is 0. The zero-order valence-electron chi connectivity index (χ0n) is 5.74. The van der Waals surface area contributed by atoms with Crippen molar-refractivity contribution >= 4 is 6.16 Å². The molecular formula is C8H6O3. The maximum absolute atomic E-state index is 10.6. The molecule has 0 spiro atoms. The van der Waals surface area contributed by atoms with Crippen LogP contribution in [0.3, 0.4) is 0 Å². The standard InChI is InChI=1S/C8H6O3/c1-3-6-5-7(4-2)11-8(9)10-6/h1-2,6-7H,5H2. The third-order valence-electron chi connectivity index (χ3n) is 1.28. The highest BCUT2D eigenvalue weighted by Gasteiger charge is 2.26. The Bertz CT molecular complexity index is 219. The number of hydrogen-bond donors (Lipinski definition) is 0. The maximum Gasteiger partial charge on any atom is 0.510 e. The fraction of sp³-hybridized carbons (Fsp3) is 0.375. The van der Waals surface area contributed by atoms with Crippen LogP contribution in [0.1, 0.15) is 6.42 Å². The van der Waals surface area contributed by atoms with Gasteiger partial charge in [-0.2, -0.15) is 0 Å². The molecule has 0 aromatic heterocycles. The van der Waals surface area contributed by atoms with Crippen LogP contribution in [0.25, 0.3) is 0 Å². The van der Waals surface area contributed by atoms with Gasteiger partial charge in [0.15, 0.2) is 12.2 Å². The number of cyclic esters (lactones) is 2. The van der Waals surface area contributed by atoms with Crippen LogP contribution >= 0.6 is 0 Å². The molecule has 0 aliphatic carbocycles. The summed E-state index contributed by atoms with van der Waals surface area (Å²) in [6.45, 7) is 0. The topological polar surface area (TPSA) is 35.5 Å². The average molecular weight is 150 g/mol. The molecule has 1 heterocycles. The summed E-state index contributed by atoms with van der Waals surface area (Å²) in [5.74, 6) is 4.56. The molecule has 0 amide bonds. The summed E-state index contributed by atoms with van der Waals surface area (Å²) in [6, 6.07) is 0. The molecule has 11 heavy (non-hydrogen) atoms. The van der Waals surface area contributed by atoms with Gasteiger partial charge in [0.2, 0.25) is 0 Å². The number of carbonyl (C=O) groups is 1. The quantitative estimate of drug-likeness (QED) is 0.373. The van der Waals surface area contributed by atoms with Crippen molar-refractivity contribution in [3.63, 3.8) is 0 Å². The highest BCUT2D eigenvalue weighted by molar-refractivity contribution is 5.62. The van der Waals surface area contributed by atoms with E-state index in [0.29, 0.717) is 6.42 Å². The number of carbonyl (C=O) groups excluding carboxylic acids is 1. The number of ether oxygens (including phenoxy) is 2. The minimum absolute atomic E-state index is 0.374. The first-order valence-electron chi connectivity index (χ1n) is 3.05. The van der Waals surface area contributed by atoms with Crippen LogP contribution in [0.5, 0.6) is 0 Å². The Hall–Kier alpha value is -1.61. The van der Waals surface area contributed by atoms with E-state index in [0.717, 1.165) is 0 Å². The monoisotopic (exact) mass is 150 g/mol. The summed E-state index contributed by atoms with van der Waals surface area (Å²) in [6.07, 6.45) is 8.56. The number of terminal acetylenes is 2. The van der Waals surface area contributed by atoms with Crippen molar-refractivity contribution in [1.82, 2.24) is 0 Å². The lowest BCUT2D eigenvalue weighted by Gasteiger charge is -2.22. The van der Waals surface area contributed by atoms with Crippen LogP contribution in [0.2, 0.25) is 0 Å². The smallest absolute Gasteiger partial charge is 0.418 e. The van der Waals surface area contributed by atoms with Gasteiger partial charge in [-0.05, 0) is 0 Å². The molecule has 0 aromatic rings. The minimum Gasteiger partial charge on any atom is -0.418 e. The molecule has 0 bridgehead atoms. The highest BCUT2D eigenvalue weighted by Crippen LogP contribution is 2.13. The van der Waals surface area contributed by atoms with E-state index >= 15 is 0 Å². The molecule has 0 saturated carbocycles. The molecule has 1 fully saturated rings. The second-order valence-electron chi connectivity index (χ2n) is 2.03. The Labute approximate surface area is 64.7 Å². The maximum atomic E-state index is 10.6. The van der Waals surface area contributed by atoms with E-state index in [9.17, 15) is 4.79 Å². The third kappa shape index (κ3) is 1.65. The van der Waals surface area contributed by atoms with Crippen molar-refractivity contribution in [2.75, 3.05) is 0 Å². The Morgan fingerprint density at radius 1 is 1.27 bits per heavy atom. The highest BCUT2D eigenvalue weighted by atomic mass is 16.7. The van der Waals surface area contributed by atoms with Crippen molar-refractivity contribution in [1.29, 1.82) is 0 Å². The third-order valence-corrected chi connectivity index (χ3v) is 1.28. The summed E-state index contributed by atoms with van der Waals surface area (Å²) in [4.78, 5) is 10.6. The second kappa shape index (κ2) is 2.98. The van der Waals surface area contributed by atoms with Gasteiger partial charge in [0.05, 0.1) is 0 Å². The van der Waals surface area contributed by atoms with Gasteiger partial charge in [0.1, 0.15) is 0 Å². The van der Waals surface area contributed by atoms with E-state index in [1.54, 1.807) is 0 Å². The summed E-state index contributed by atoms with van der Waals surface area (Å²) in [5.41, 5.74) is 0. The van der Waals surface area contributed by atoms with Gasteiger partial charge in [-0.25, -0.2) is 4.79 Å². The minimum atomic E-state index is -0.790. The van der Waals surface area contributed by atoms with Crippen molar-refractivity contribution in [3.8, 4) is 24.7 Å². The first-order chi connectivity index (χ1) is 5.26. The molecule has 0 aromatic carbocycles. The van der Waals surface area contributed by atoms with Gasteiger partial charge < -0.3 is 9.47 Å². The molecule has 2 atom stereocenters. The first-order valence-corrected chi connectivity index (χ1v) is 3.05. The molecule has 3 nitrogen and oxygen atoms in total. The van der Waals surface area contributed by atoms with E-state index in [4.69, 9.17) is 12.8 Å². The van der Waals surface area contributed by atoms with Gasteiger partial charge in [-0.15, -0.1) is 12.8 Å². The van der Waals surface area contributed by atoms with E-state index in [1.165, 1.54) is 0 Å². The molecule has 1 aliphatic rings. The number of hydrogen-bond acceptors (Lipinski definition) is 3. The van der Waals surface area contributed by atoms with Crippen LogP contribution in [0.4, 0.5) is 4.79 Å². The molecule has 0 N–H and O–H groups in total. The first kappa shape index (κ1) is 7.50. The Morgan fingerprint density at radius 2 is 1.73 bits per heavy atom. The van der Waals surface area contributed by atoms with Crippen molar-refractivity contribution in [2.45, 2.75) is 18.6 Å². The average Bonchev–Trinajstić information content (AvgIpc) is 2.03. The molecule has 1 aliphatic heterocycles. The molecule has 2 unspecified atom stereocenters. The lowest BCUT2D eigenvalue weighted by molar-refractivity contribution is -0.0234. The summed E-state index contributed by atoms with van der Waals surface area (Å²) in [7, 11) is 0. The van der Waals surface area contributed by atoms with E-state index in [-0.39, 0.29) is 0 Å². The summed E-state index contributed by atoms with van der Waals surface area (Å²) in [5, 5.41) is 0. The summed E-state index contributed by atoms with van der Waals surface area (Å²) < 4.78 is 9.15. The van der Waals surface area contributed by atoms with Crippen LogP contribution in [-0.2, 0) is 9.47 Å². The SMILES string of the molecule is C#CC1CC(C#C)OC(=O)O1. The van der Waals surface area contributed by atoms with Crippen molar-refractivity contribution in [3.05, 3.63) is 0 Å². The largest absolute Gasteiger partial charge is 0.510 e. The predicted octanol–water partition coefficient (Wildman–Crippen LogP) is 0.547. The van der Waals surface area contributed by atoms with E-state index in [1.807, 2.05) is 0 Å². The van der Waals surface area contributed by atoms with Crippen LogP contribution in [0.15, 0.2) is 0 Å². The van der Waals surface area contributed by atoms with Crippen LogP contribution in [0, 0.1) is 24.7 Å². The van der Waals surface area contributed by atoms with Gasteiger partial charge in [-0.3, -0.25) is 0 Å². The fourth-order valence-electron chi connectivity index (χ4n) is 0.755. The lowest BCUT2D eigenvalue weighted by atomic mass is 10.1. The van der Waals surface area contributed by atoms with Gasteiger partial charge in [0, 0.05) is 6.42 Å². The van der Waals surface area contributed by atoms with Crippen molar-refractivity contribution in [2.24, 2.45) is 0 Å². The lowest BCUT2D eigenvalue weighted by Crippen LogP contribution is -2.32. The molecule has 0 radical (unpaired) electrons.